The van der Waals surface area contributed by atoms with Gasteiger partial charge >= 0.3 is 5.97 Å². The molecule has 0 amide bonds. The molecule has 0 aromatic carbocycles. The normalized spacial score (nSPS) is 35.0. The number of aliphatic hydroxyl groups is 1. The van der Waals surface area contributed by atoms with Crippen molar-refractivity contribution < 1.29 is 14.6 Å². The maximum absolute atomic E-state index is 11.6. The standard InChI is InChI=1S/C27H46O3/c1-3-21-4-6-22(7-5-21)16-23-8-10-24(11-9-23)17-25-12-14-26(15-13-25)19-30-27(29)20(2)18-28/h21-26,28H,2-19H2,1H3. The quantitative estimate of drug-likeness (QED) is 0.335. The van der Waals surface area contributed by atoms with Gasteiger partial charge in [0.05, 0.1) is 18.8 Å². The Morgan fingerprint density at radius 2 is 1.10 bits per heavy atom. The van der Waals surface area contributed by atoms with Crippen LogP contribution in [0.2, 0.25) is 0 Å². The van der Waals surface area contributed by atoms with E-state index in [1.165, 1.54) is 96.3 Å². The molecule has 30 heavy (non-hydrogen) atoms. The second-order valence-electron chi connectivity index (χ2n) is 10.9. The van der Waals surface area contributed by atoms with Gasteiger partial charge < -0.3 is 9.84 Å². The summed E-state index contributed by atoms with van der Waals surface area (Å²) in [6.07, 6.45) is 21.2. The number of hydrogen-bond acceptors (Lipinski definition) is 3. The first kappa shape index (κ1) is 23.8. The van der Waals surface area contributed by atoms with Gasteiger partial charge in [-0.25, -0.2) is 4.79 Å². The van der Waals surface area contributed by atoms with E-state index in [2.05, 4.69) is 13.5 Å². The molecule has 3 fully saturated rings. The number of esters is 1. The lowest BCUT2D eigenvalue weighted by Crippen LogP contribution is -2.24. The van der Waals surface area contributed by atoms with E-state index in [-0.39, 0.29) is 12.2 Å². The highest BCUT2D eigenvalue weighted by Crippen LogP contribution is 2.42. The molecule has 3 aliphatic rings. The number of rotatable bonds is 9. The molecule has 3 rings (SSSR count). The van der Waals surface area contributed by atoms with Crippen molar-refractivity contribution in [2.75, 3.05) is 13.2 Å². The average molecular weight is 419 g/mol. The van der Waals surface area contributed by atoms with E-state index < -0.39 is 5.97 Å². The first-order valence-electron chi connectivity index (χ1n) is 13.0. The van der Waals surface area contributed by atoms with Crippen molar-refractivity contribution in [3.05, 3.63) is 12.2 Å². The zero-order chi connectivity index (χ0) is 21.3. The number of carbonyl (C=O) groups is 1. The molecule has 0 heterocycles. The lowest BCUT2D eigenvalue weighted by molar-refractivity contribution is -0.141. The van der Waals surface area contributed by atoms with Crippen LogP contribution in [0.1, 0.15) is 103 Å². The van der Waals surface area contributed by atoms with Crippen molar-refractivity contribution in [3.8, 4) is 0 Å². The predicted molar refractivity (Wildman–Crippen MR) is 123 cm³/mol. The van der Waals surface area contributed by atoms with Crippen LogP contribution in [-0.4, -0.2) is 24.3 Å². The zero-order valence-corrected chi connectivity index (χ0v) is 19.5. The van der Waals surface area contributed by atoms with Crippen LogP contribution in [0.25, 0.3) is 0 Å². The lowest BCUT2D eigenvalue weighted by atomic mass is 9.70. The molecule has 0 unspecified atom stereocenters. The summed E-state index contributed by atoms with van der Waals surface area (Å²) in [5.74, 6) is 4.99. The molecule has 0 atom stereocenters. The first-order valence-corrected chi connectivity index (χ1v) is 13.0. The third-order valence-electron chi connectivity index (χ3n) is 8.74. The van der Waals surface area contributed by atoms with E-state index in [4.69, 9.17) is 9.84 Å². The zero-order valence-electron chi connectivity index (χ0n) is 19.5. The highest BCUT2D eigenvalue weighted by molar-refractivity contribution is 5.87. The summed E-state index contributed by atoms with van der Waals surface area (Å²) in [7, 11) is 0. The van der Waals surface area contributed by atoms with Crippen molar-refractivity contribution in [1.82, 2.24) is 0 Å². The Labute approximate surface area is 185 Å². The molecule has 0 saturated heterocycles. The molecule has 0 aliphatic heterocycles. The Morgan fingerprint density at radius 3 is 1.47 bits per heavy atom. The number of carbonyl (C=O) groups excluding carboxylic acids is 1. The van der Waals surface area contributed by atoms with Gasteiger partial charge in [-0.05, 0) is 61.2 Å². The minimum Gasteiger partial charge on any atom is -0.462 e. The molecule has 0 aromatic heterocycles. The highest BCUT2D eigenvalue weighted by atomic mass is 16.5. The summed E-state index contributed by atoms with van der Waals surface area (Å²) < 4.78 is 5.31. The van der Waals surface area contributed by atoms with E-state index in [0.717, 1.165) is 29.6 Å². The molecule has 0 radical (unpaired) electrons. The molecule has 3 nitrogen and oxygen atoms in total. The fourth-order valence-electron chi connectivity index (χ4n) is 6.52. The van der Waals surface area contributed by atoms with E-state index in [1.54, 1.807) is 0 Å². The van der Waals surface area contributed by atoms with Gasteiger partial charge in [0.1, 0.15) is 0 Å². The van der Waals surface area contributed by atoms with Crippen LogP contribution >= 0.6 is 0 Å². The Balaban J connectivity index is 1.26. The summed E-state index contributed by atoms with van der Waals surface area (Å²) in [6.45, 7) is 6.08. The van der Waals surface area contributed by atoms with E-state index in [1.807, 2.05) is 0 Å². The number of hydrogen-bond donors (Lipinski definition) is 1. The second-order valence-corrected chi connectivity index (χ2v) is 10.9. The second kappa shape index (κ2) is 12.3. The van der Waals surface area contributed by atoms with E-state index in [0.29, 0.717) is 12.5 Å². The van der Waals surface area contributed by atoms with Crippen LogP contribution in [-0.2, 0) is 9.53 Å². The molecule has 3 heteroatoms. The third-order valence-corrected chi connectivity index (χ3v) is 8.74. The third kappa shape index (κ3) is 7.39. The summed E-state index contributed by atoms with van der Waals surface area (Å²) in [6, 6.07) is 0. The van der Waals surface area contributed by atoms with Crippen molar-refractivity contribution in [2.45, 2.75) is 103 Å². The molecule has 3 aliphatic carbocycles. The molecule has 0 bridgehead atoms. The van der Waals surface area contributed by atoms with Gasteiger partial charge in [-0.15, -0.1) is 0 Å². The topological polar surface area (TPSA) is 46.5 Å². The minimum atomic E-state index is -0.435. The molecule has 0 spiro atoms. The van der Waals surface area contributed by atoms with Gasteiger partial charge in [0, 0.05) is 0 Å². The van der Waals surface area contributed by atoms with Gasteiger partial charge in [-0.3, -0.25) is 0 Å². The van der Waals surface area contributed by atoms with Gasteiger partial charge in [0.25, 0.3) is 0 Å². The fourth-order valence-corrected chi connectivity index (χ4v) is 6.52. The van der Waals surface area contributed by atoms with Crippen molar-refractivity contribution in [1.29, 1.82) is 0 Å². The molecular formula is C27H46O3. The van der Waals surface area contributed by atoms with Gasteiger partial charge in [0.2, 0.25) is 0 Å². The SMILES string of the molecule is C=C(CO)C(=O)OCC1CCC(CC2CCC(CC3CCC(CC)CC3)CC2)CC1. The summed E-state index contributed by atoms with van der Waals surface area (Å²) in [5.41, 5.74) is 0.160. The van der Waals surface area contributed by atoms with Crippen LogP contribution in [0.15, 0.2) is 12.2 Å². The van der Waals surface area contributed by atoms with Crippen LogP contribution in [0.5, 0.6) is 0 Å². The molecule has 3 saturated carbocycles. The van der Waals surface area contributed by atoms with E-state index in [9.17, 15) is 4.79 Å². The van der Waals surface area contributed by atoms with Crippen LogP contribution < -0.4 is 0 Å². The van der Waals surface area contributed by atoms with Gasteiger partial charge in [0.15, 0.2) is 0 Å². The average Bonchev–Trinajstić information content (AvgIpc) is 2.79. The largest absolute Gasteiger partial charge is 0.462 e. The number of ether oxygens (including phenoxy) is 1. The number of aliphatic hydroxyl groups excluding tert-OH is 1. The molecule has 1 N–H and O–H groups in total. The first-order chi connectivity index (χ1) is 14.6. The van der Waals surface area contributed by atoms with Crippen LogP contribution in [0.4, 0.5) is 0 Å². The maximum Gasteiger partial charge on any atom is 0.335 e. The van der Waals surface area contributed by atoms with Crippen LogP contribution in [0, 0.1) is 35.5 Å². The minimum absolute atomic E-state index is 0.160. The maximum atomic E-state index is 11.6. The molecule has 0 aromatic rings. The highest BCUT2D eigenvalue weighted by Gasteiger charge is 2.29. The monoisotopic (exact) mass is 418 g/mol. The van der Waals surface area contributed by atoms with Crippen LogP contribution in [0.3, 0.4) is 0 Å². The fraction of sp³-hybridized carbons (Fsp3) is 0.889. The Hall–Kier alpha value is -0.830. The van der Waals surface area contributed by atoms with Crippen molar-refractivity contribution >= 4 is 5.97 Å². The molecule has 172 valence electrons. The summed E-state index contributed by atoms with van der Waals surface area (Å²) in [5, 5.41) is 8.95. The Morgan fingerprint density at radius 1 is 0.733 bits per heavy atom. The van der Waals surface area contributed by atoms with Crippen molar-refractivity contribution in [2.24, 2.45) is 35.5 Å². The van der Waals surface area contributed by atoms with Crippen molar-refractivity contribution in [3.63, 3.8) is 0 Å². The summed E-state index contributed by atoms with van der Waals surface area (Å²) in [4.78, 5) is 11.6. The Bertz CT molecular complexity index is 518. The smallest absolute Gasteiger partial charge is 0.335 e. The lowest BCUT2D eigenvalue weighted by Gasteiger charge is -2.36. The van der Waals surface area contributed by atoms with E-state index >= 15 is 0 Å². The molecular weight excluding hydrogens is 372 g/mol. The van der Waals surface area contributed by atoms with Gasteiger partial charge in [-0.1, -0.05) is 84.1 Å². The predicted octanol–water partition coefficient (Wildman–Crippen LogP) is 6.69. The van der Waals surface area contributed by atoms with Gasteiger partial charge in [-0.2, -0.15) is 0 Å². The Kier molecular flexibility index (Phi) is 9.74. The summed E-state index contributed by atoms with van der Waals surface area (Å²) >= 11 is 0.